The van der Waals surface area contributed by atoms with Gasteiger partial charge in [0.2, 0.25) is 35.4 Å². The number of hydrogen-bond donors (Lipinski definition) is 5. The van der Waals surface area contributed by atoms with Crippen LogP contribution in [0.3, 0.4) is 0 Å². The van der Waals surface area contributed by atoms with Crippen molar-refractivity contribution in [3.05, 3.63) is 60.2 Å². The minimum Gasteiger partial charge on any atom is -0.379 e. The number of benzene rings is 1. The van der Waals surface area contributed by atoms with Crippen LogP contribution in [-0.4, -0.2) is 175 Å². The predicted octanol–water partition coefficient (Wildman–Crippen LogP) is 2.20. The van der Waals surface area contributed by atoms with E-state index in [0.29, 0.717) is 31.3 Å². The van der Waals surface area contributed by atoms with Crippen LogP contribution in [0.5, 0.6) is 0 Å². The number of carbonyl (C=O) groups excluding carboxylic acids is 6. The third-order valence-corrected chi connectivity index (χ3v) is 13.3. The van der Waals surface area contributed by atoms with Gasteiger partial charge in [-0.1, -0.05) is 6.07 Å². The molecule has 5 N–H and O–H groups in total. The van der Waals surface area contributed by atoms with E-state index in [0.717, 1.165) is 24.1 Å². The molecule has 1 aromatic carbocycles. The monoisotopic (exact) mass is 997 g/mol. The van der Waals surface area contributed by atoms with Crippen molar-refractivity contribution in [2.75, 3.05) is 85.2 Å². The molecule has 6 amide bonds. The third-order valence-electron chi connectivity index (χ3n) is 13.3. The number of rotatable bonds is 25. The van der Waals surface area contributed by atoms with Gasteiger partial charge in [0.15, 0.2) is 0 Å². The third kappa shape index (κ3) is 15.2. The van der Waals surface area contributed by atoms with Crippen LogP contribution in [0.15, 0.2) is 49.1 Å². The first-order valence-corrected chi connectivity index (χ1v) is 24.1. The van der Waals surface area contributed by atoms with E-state index in [1.54, 1.807) is 35.3 Å². The van der Waals surface area contributed by atoms with E-state index in [4.69, 9.17) is 14.2 Å². The number of aromatic nitrogens is 3. The van der Waals surface area contributed by atoms with Crippen molar-refractivity contribution in [3.63, 3.8) is 0 Å². The predicted molar refractivity (Wildman–Crippen MR) is 253 cm³/mol. The first-order chi connectivity index (χ1) is 34.0. The molecule has 71 heavy (non-hydrogen) atoms. The van der Waals surface area contributed by atoms with E-state index in [1.807, 2.05) is 13.1 Å². The molecule has 3 fully saturated rings. The Labute approximate surface area is 410 Å². The van der Waals surface area contributed by atoms with Crippen molar-refractivity contribution >= 4 is 52.2 Å². The van der Waals surface area contributed by atoms with Crippen LogP contribution in [0.4, 0.5) is 19.0 Å². The van der Waals surface area contributed by atoms with Gasteiger partial charge in [-0.2, -0.15) is 13.2 Å². The lowest BCUT2D eigenvalue weighted by Gasteiger charge is -2.44. The number of fused-ring (bicyclic) bond motifs is 1. The number of carbonyl (C=O) groups is 6. The maximum absolute atomic E-state index is 13.9. The zero-order valence-corrected chi connectivity index (χ0v) is 40.7. The normalized spacial score (nSPS) is 21.5. The van der Waals surface area contributed by atoms with E-state index in [-0.39, 0.29) is 149 Å². The SMILES string of the molecule is CC(C)N(C)[C@@H]1CCC(N2CC[C@H](Nc3ncnc4ccc(C(F)(F)F)cc34)C2=O)[C@H](NC(=O)COCCNC(=O)CCOCCOCCNC(=O)CCNC(=O)[C@H]2CC(=O)N(C)[C@@H]2c2cccnc2)C1. The number of likely N-dealkylation sites (tertiary alicyclic amines) is 2. The standard InChI is InChI=1S/C48H66F3N11O9/c1-30(2)60(3)33-8-10-39(62-18-12-37(47(62)68)59-45-34-24-32(48(49,50)51)7-9-36(34)56-29-57-45)38(25-33)58-42(65)28-71-21-17-54-41(64)13-19-69-22-23-70-20-16-53-40(63)11-15-55-46(67)35-26-43(66)61(4)44(35)31-6-5-14-52-27-31/h5-7,9,14,24,27,29-30,33,35,37-39,44H,8,10-13,15-23,25-26,28H2,1-4H3,(H,53,63)(H,54,64)(H,55,67)(H,58,65)(H,56,57,59)/t33-,35+,37+,38-,39?,44-/m1/s1. The summed E-state index contributed by atoms with van der Waals surface area (Å²) < 4.78 is 57.2. The molecular formula is C48H66F3N11O9. The first-order valence-electron chi connectivity index (χ1n) is 24.1. The summed E-state index contributed by atoms with van der Waals surface area (Å²) >= 11 is 0. The molecule has 0 radical (unpaired) electrons. The molecule has 6 atom stereocenters. The summed E-state index contributed by atoms with van der Waals surface area (Å²) in [5, 5.41) is 14.6. The van der Waals surface area contributed by atoms with Crippen molar-refractivity contribution in [2.45, 2.75) is 101 Å². The highest BCUT2D eigenvalue weighted by Crippen LogP contribution is 2.37. The molecule has 2 aromatic heterocycles. The Morgan fingerprint density at radius 3 is 2.32 bits per heavy atom. The average Bonchev–Trinajstić information content (AvgIpc) is 3.86. The van der Waals surface area contributed by atoms with Gasteiger partial charge in [-0.3, -0.25) is 33.8 Å². The highest BCUT2D eigenvalue weighted by molar-refractivity contribution is 5.94. The van der Waals surface area contributed by atoms with Crippen LogP contribution in [0.2, 0.25) is 0 Å². The van der Waals surface area contributed by atoms with Crippen LogP contribution in [0.25, 0.3) is 10.9 Å². The maximum atomic E-state index is 13.9. The zero-order chi connectivity index (χ0) is 51.1. The van der Waals surface area contributed by atoms with E-state index in [1.165, 1.54) is 12.4 Å². The molecule has 2 saturated heterocycles. The van der Waals surface area contributed by atoms with E-state index >= 15 is 0 Å². The van der Waals surface area contributed by atoms with E-state index in [2.05, 4.69) is 60.3 Å². The first kappa shape index (κ1) is 54.3. The van der Waals surface area contributed by atoms with Gasteiger partial charge in [0.05, 0.1) is 68.2 Å². The highest BCUT2D eigenvalue weighted by atomic mass is 19.4. The molecule has 3 aliphatic rings. The van der Waals surface area contributed by atoms with Gasteiger partial charge in [-0.05, 0) is 76.4 Å². The average molecular weight is 998 g/mol. The fourth-order valence-electron chi connectivity index (χ4n) is 9.27. The van der Waals surface area contributed by atoms with Crippen molar-refractivity contribution in [1.82, 2.24) is 50.9 Å². The number of nitrogens with zero attached hydrogens (tertiary/aromatic N) is 6. The lowest BCUT2D eigenvalue weighted by atomic mass is 9.84. The molecule has 1 aliphatic carbocycles. The van der Waals surface area contributed by atoms with Gasteiger partial charge in [-0.25, -0.2) is 9.97 Å². The number of amides is 6. The van der Waals surface area contributed by atoms with Crippen molar-refractivity contribution < 1.29 is 56.1 Å². The van der Waals surface area contributed by atoms with Gasteiger partial charge < -0.3 is 55.5 Å². The fourth-order valence-corrected chi connectivity index (χ4v) is 9.27. The maximum Gasteiger partial charge on any atom is 0.416 e. The molecule has 4 heterocycles. The number of ether oxygens (including phenoxy) is 3. The van der Waals surface area contributed by atoms with Crippen LogP contribution < -0.4 is 26.6 Å². The number of halogens is 3. The molecule has 20 nitrogen and oxygen atoms in total. The highest BCUT2D eigenvalue weighted by Gasteiger charge is 2.44. The number of pyridine rings is 1. The Balaban J connectivity index is 0.819. The van der Waals surface area contributed by atoms with E-state index in [9.17, 15) is 41.9 Å². The lowest BCUT2D eigenvalue weighted by Crippen LogP contribution is -2.59. The van der Waals surface area contributed by atoms with Crippen molar-refractivity contribution in [3.8, 4) is 0 Å². The molecule has 388 valence electrons. The second-order valence-electron chi connectivity index (χ2n) is 18.3. The quantitative estimate of drug-likeness (QED) is 0.0766. The summed E-state index contributed by atoms with van der Waals surface area (Å²) in [5.74, 6) is -1.99. The summed E-state index contributed by atoms with van der Waals surface area (Å²) in [6.45, 7) is 5.82. The summed E-state index contributed by atoms with van der Waals surface area (Å²) in [6.07, 6.45) is 2.60. The van der Waals surface area contributed by atoms with Gasteiger partial charge in [0.25, 0.3) is 0 Å². The Morgan fingerprint density at radius 1 is 0.873 bits per heavy atom. The Hall–Kier alpha value is -6.04. The summed E-state index contributed by atoms with van der Waals surface area (Å²) in [5.41, 5.74) is 0.238. The van der Waals surface area contributed by atoms with E-state index < -0.39 is 29.7 Å². The van der Waals surface area contributed by atoms with Gasteiger partial charge in [0, 0.05) is 82.4 Å². The zero-order valence-electron chi connectivity index (χ0n) is 40.7. The van der Waals surface area contributed by atoms with Crippen molar-refractivity contribution in [1.29, 1.82) is 0 Å². The number of nitrogens with one attached hydrogen (secondary N) is 5. The molecular weight excluding hydrogens is 932 g/mol. The molecule has 23 heteroatoms. The molecule has 1 unspecified atom stereocenters. The Kier molecular flexibility index (Phi) is 19.8. The lowest BCUT2D eigenvalue weighted by molar-refractivity contribution is -0.137. The molecule has 3 aromatic rings. The van der Waals surface area contributed by atoms with Crippen LogP contribution >= 0.6 is 0 Å². The second kappa shape index (κ2) is 25.9. The largest absolute Gasteiger partial charge is 0.416 e. The Bertz CT molecular complexity index is 2300. The van der Waals surface area contributed by atoms with Gasteiger partial charge in [0.1, 0.15) is 24.8 Å². The number of anilines is 1. The fraction of sp³-hybridized carbons (Fsp3) is 0.604. The van der Waals surface area contributed by atoms with Gasteiger partial charge in [-0.15, -0.1) is 0 Å². The van der Waals surface area contributed by atoms with Gasteiger partial charge >= 0.3 is 6.18 Å². The number of alkyl halides is 3. The van der Waals surface area contributed by atoms with Crippen LogP contribution in [0, 0.1) is 5.92 Å². The topological polar surface area (TPSA) is 239 Å². The summed E-state index contributed by atoms with van der Waals surface area (Å²) in [6, 6.07) is 5.34. The van der Waals surface area contributed by atoms with Crippen LogP contribution in [-0.2, 0) is 49.2 Å². The molecule has 6 rings (SSSR count). The molecule has 1 saturated carbocycles. The van der Waals surface area contributed by atoms with Crippen LogP contribution in [0.1, 0.15) is 76.0 Å². The number of hydrogen-bond acceptors (Lipinski definition) is 14. The summed E-state index contributed by atoms with van der Waals surface area (Å²) in [4.78, 5) is 95.0. The molecule has 0 bridgehead atoms. The summed E-state index contributed by atoms with van der Waals surface area (Å²) in [7, 11) is 3.70. The minimum atomic E-state index is -4.56. The molecule has 0 spiro atoms. The smallest absolute Gasteiger partial charge is 0.379 e. The Morgan fingerprint density at radius 2 is 1.61 bits per heavy atom. The minimum absolute atomic E-state index is 0.0622. The van der Waals surface area contributed by atoms with Crippen molar-refractivity contribution in [2.24, 2.45) is 5.92 Å². The molecule has 2 aliphatic heterocycles. The second-order valence-corrected chi connectivity index (χ2v) is 18.3.